The first kappa shape index (κ1) is 11.9. The Kier molecular flexibility index (Phi) is 3.50. The number of halogens is 2. The minimum Gasteiger partial charge on any atom is -0.328 e. The van der Waals surface area contributed by atoms with Gasteiger partial charge >= 0.3 is 0 Å². The summed E-state index contributed by atoms with van der Waals surface area (Å²) in [6.07, 6.45) is 3.26. The van der Waals surface area contributed by atoms with E-state index in [2.05, 4.69) is 0 Å². The molecule has 0 spiro atoms. The van der Waals surface area contributed by atoms with Crippen LogP contribution in [0.15, 0.2) is 24.3 Å². The van der Waals surface area contributed by atoms with Gasteiger partial charge in [0.1, 0.15) is 5.67 Å². The van der Waals surface area contributed by atoms with Crippen LogP contribution in [0.5, 0.6) is 0 Å². The van der Waals surface area contributed by atoms with Gasteiger partial charge in [-0.15, -0.1) is 0 Å². The van der Waals surface area contributed by atoms with Gasteiger partial charge in [-0.2, -0.15) is 0 Å². The van der Waals surface area contributed by atoms with Crippen LogP contribution in [-0.2, 0) is 6.42 Å². The van der Waals surface area contributed by atoms with Crippen LogP contribution in [0.25, 0.3) is 0 Å². The van der Waals surface area contributed by atoms with E-state index in [1.165, 1.54) is 0 Å². The van der Waals surface area contributed by atoms with E-state index in [9.17, 15) is 4.39 Å². The van der Waals surface area contributed by atoms with E-state index in [0.29, 0.717) is 24.3 Å². The van der Waals surface area contributed by atoms with Crippen molar-refractivity contribution >= 4 is 11.6 Å². The second-order valence-electron chi connectivity index (χ2n) is 4.78. The second kappa shape index (κ2) is 4.72. The molecule has 2 rings (SSSR count). The third-order valence-electron chi connectivity index (χ3n) is 3.29. The highest BCUT2D eigenvalue weighted by atomic mass is 35.5. The van der Waals surface area contributed by atoms with Crippen molar-refractivity contribution < 1.29 is 4.39 Å². The summed E-state index contributed by atoms with van der Waals surface area (Å²) in [5.74, 6) is 0. The number of alkyl halides is 1. The Morgan fingerprint density at radius 3 is 2.88 bits per heavy atom. The fourth-order valence-electron chi connectivity index (χ4n) is 2.50. The summed E-state index contributed by atoms with van der Waals surface area (Å²) in [7, 11) is 0. The lowest BCUT2D eigenvalue weighted by atomic mass is 9.80. The van der Waals surface area contributed by atoms with Gasteiger partial charge in [0.15, 0.2) is 0 Å². The summed E-state index contributed by atoms with van der Waals surface area (Å²) >= 11 is 6.04. The molecule has 1 fully saturated rings. The van der Waals surface area contributed by atoms with Gasteiger partial charge in [0, 0.05) is 17.5 Å². The van der Waals surface area contributed by atoms with Crippen LogP contribution in [0.2, 0.25) is 5.02 Å². The van der Waals surface area contributed by atoms with Gasteiger partial charge in [-0.1, -0.05) is 29.8 Å². The number of rotatable bonds is 2. The molecule has 0 aliphatic heterocycles. The molecule has 2 atom stereocenters. The lowest BCUT2D eigenvalue weighted by molar-refractivity contribution is 0.0965. The van der Waals surface area contributed by atoms with Gasteiger partial charge in [0.25, 0.3) is 0 Å². The molecule has 0 heterocycles. The summed E-state index contributed by atoms with van der Waals surface area (Å²) in [5.41, 5.74) is 5.55. The maximum absolute atomic E-state index is 14.6. The lowest BCUT2D eigenvalue weighted by Gasteiger charge is -2.33. The fraction of sp³-hybridized carbons (Fsp3) is 0.538. The lowest BCUT2D eigenvalue weighted by Crippen LogP contribution is -2.39. The first-order valence-electron chi connectivity index (χ1n) is 5.77. The Bertz CT molecular complexity index is 369. The number of benzene rings is 1. The maximum Gasteiger partial charge on any atom is 0.116 e. The molecule has 1 aromatic rings. The molecule has 0 saturated heterocycles. The molecule has 0 radical (unpaired) electrons. The number of hydrogen-bond donors (Lipinski definition) is 1. The van der Waals surface area contributed by atoms with Crippen molar-refractivity contribution in [2.45, 2.75) is 43.8 Å². The van der Waals surface area contributed by atoms with Gasteiger partial charge < -0.3 is 5.73 Å². The van der Waals surface area contributed by atoms with Crippen LogP contribution in [0.3, 0.4) is 0 Å². The van der Waals surface area contributed by atoms with Crippen molar-refractivity contribution in [3.63, 3.8) is 0 Å². The molecule has 88 valence electrons. The van der Waals surface area contributed by atoms with E-state index < -0.39 is 5.67 Å². The van der Waals surface area contributed by atoms with Gasteiger partial charge in [-0.05, 0) is 37.3 Å². The molecule has 0 aromatic heterocycles. The Hall–Kier alpha value is -0.600. The van der Waals surface area contributed by atoms with Crippen molar-refractivity contribution in [2.24, 2.45) is 5.73 Å². The molecular formula is C13H17ClFN. The Balaban J connectivity index is 2.11. The molecule has 3 heteroatoms. The highest BCUT2D eigenvalue weighted by Gasteiger charge is 2.35. The van der Waals surface area contributed by atoms with Gasteiger partial charge in [-0.3, -0.25) is 0 Å². The zero-order valence-corrected chi connectivity index (χ0v) is 10.0. The fourth-order valence-corrected chi connectivity index (χ4v) is 2.70. The van der Waals surface area contributed by atoms with Crippen molar-refractivity contribution in [3.8, 4) is 0 Å². The average molecular weight is 242 g/mol. The molecule has 1 aliphatic rings. The minimum absolute atomic E-state index is 0.00115. The molecule has 1 aromatic carbocycles. The predicted molar refractivity (Wildman–Crippen MR) is 65.4 cm³/mol. The van der Waals surface area contributed by atoms with Gasteiger partial charge in [0.2, 0.25) is 0 Å². The Labute approximate surface area is 101 Å². The summed E-state index contributed by atoms with van der Waals surface area (Å²) < 4.78 is 14.6. The van der Waals surface area contributed by atoms with E-state index in [-0.39, 0.29) is 6.04 Å². The quantitative estimate of drug-likeness (QED) is 0.843. The SMILES string of the molecule is NC1CCCC(F)(Cc2ccccc2Cl)C1. The van der Waals surface area contributed by atoms with E-state index in [1.54, 1.807) is 0 Å². The van der Waals surface area contributed by atoms with Crippen LogP contribution in [-0.4, -0.2) is 11.7 Å². The summed E-state index contributed by atoms with van der Waals surface area (Å²) in [6.45, 7) is 0. The summed E-state index contributed by atoms with van der Waals surface area (Å²) in [6, 6.07) is 7.46. The van der Waals surface area contributed by atoms with E-state index >= 15 is 0 Å². The molecule has 1 nitrogen and oxygen atoms in total. The van der Waals surface area contributed by atoms with Crippen molar-refractivity contribution in [1.82, 2.24) is 0 Å². The van der Waals surface area contributed by atoms with E-state index in [4.69, 9.17) is 17.3 Å². The van der Waals surface area contributed by atoms with Crippen LogP contribution in [0, 0.1) is 0 Å². The summed E-state index contributed by atoms with van der Waals surface area (Å²) in [5, 5.41) is 0.652. The largest absolute Gasteiger partial charge is 0.328 e. The monoisotopic (exact) mass is 241 g/mol. The van der Waals surface area contributed by atoms with Crippen LogP contribution >= 0.6 is 11.6 Å². The zero-order chi connectivity index (χ0) is 11.6. The van der Waals surface area contributed by atoms with Crippen LogP contribution < -0.4 is 5.73 Å². The Morgan fingerprint density at radius 2 is 2.19 bits per heavy atom. The molecule has 2 unspecified atom stereocenters. The highest BCUT2D eigenvalue weighted by Crippen LogP contribution is 2.35. The number of hydrogen-bond acceptors (Lipinski definition) is 1. The van der Waals surface area contributed by atoms with Gasteiger partial charge in [0.05, 0.1) is 0 Å². The smallest absolute Gasteiger partial charge is 0.116 e. The maximum atomic E-state index is 14.6. The molecular weight excluding hydrogens is 225 g/mol. The molecule has 1 saturated carbocycles. The first-order valence-corrected chi connectivity index (χ1v) is 6.15. The van der Waals surface area contributed by atoms with Crippen molar-refractivity contribution in [1.29, 1.82) is 0 Å². The predicted octanol–water partition coefficient (Wildman–Crippen LogP) is 3.49. The average Bonchev–Trinajstić information content (AvgIpc) is 2.21. The Morgan fingerprint density at radius 1 is 1.44 bits per heavy atom. The normalized spacial score (nSPS) is 30.3. The molecule has 2 N–H and O–H groups in total. The van der Waals surface area contributed by atoms with Crippen LogP contribution in [0.4, 0.5) is 4.39 Å². The topological polar surface area (TPSA) is 26.0 Å². The zero-order valence-electron chi connectivity index (χ0n) is 9.26. The second-order valence-corrected chi connectivity index (χ2v) is 5.18. The van der Waals surface area contributed by atoms with E-state index in [0.717, 1.165) is 18.4 Å². The highest BCUT2D eigenvalue weighted by molar-refractivity contribution is 6.31. The first-order chi connectivity index (χ1) is 7.59. The minimum atomic E-state index is -1.16. The van der Waals surface area contributed by atoms with E-state index in [1.807, 2.05) is 24.3 Å². The van der Waals surface area contributed by atoms with Crippen molar-refractivity contribution in [2.75, 3.05) is 0 Å². The molecule has 16 heavy (non-hydrogen) atoms. The van der Waals surface area contributed by atoms with Gasteiger partial charge in [-0.25, -0.2) is 4.39 Å². The molecule has 0 bridgehead atoms. The third kappa shape index (κ3) is 2.74. The molecule has 0 amide bonds. The summed E-state index contributed by atoms with van der Waals surface area (Å²) in [4.78, 5) is 0. The van der Waals surface area contributed by atoms with Crippen LogP contribution in [0.1, 0.15) is 31.2 Å². The standard InChI is InChI=1S/C13H17ClFN/c14-12-6-2-1-4-10(12)8-13(15)7-3-5-11(16)9-13/h1-2,4,6,11H,3,5,7-9,16H2. The molecule has 1 aliphatic carbocycles. The van der Waals surface area contributed by atoms with Crippen molar-refractivity contribution in [3.05, 3.63) is 34.9 Å². The third-order valence-corrected chi connectivity index (χ3v) is 3.66. The number of nitrogens with two attached hydrogens (primary N) is 1.